The van der Waals surface area contributed by atoms with Crippen molar-refractivity contribution >= 4 is 11.0 Å². The van der Waals surface area contributed by atoms with Crippen molar-refractivity contribution in [3.05, 3.63) is 45.8 Å². The summed E-state index contributed by atoms with van der Waals surface area (Å²) in [6.45, 7) is 1.35. The quantitative estimate of drug-likeness (QED) is 0.738. The molecule has 1 aromatic carbocycles. The molecule has 27 heavy (non-hydrogen) atoms. The third-order valence-corrected chi connectivity index (χ3v) is 5.08. The van der Waals surface area contributed by atoms with Crippen molar-refractivity contribution in [2.24, 2.45) is 13.0 Å². The molecule has 2 N–H and O–H groups in total. The zero-order valence-corrected chi connectivity index (χ0v) is 14.8. The van der Waals surface area contributed by atoms with Gasteiger partial charge in [-0.05, 0) is 37.3 Å². The molecule has 0 saturated carbocycles. The van der Waals surface area contributed by atoms with Gasteiger partial charge in [0.15, 0.2) is 5.75 Å². The highest BCUT2D eigenvalue weighted by Gasteiger charge is 2.25. The Hall–Kier alpha value is -2.74. The molecule has 0 bridgehead atoms. The molecule has 1 aliphatic heterocycles. The van der Waals surface area contributed by atoms with Gasteiger partial charge in [-0.15, -0.1) is 0 Å². The van der Waals surface area contributed by atoms with E-state index in [1.54, 1.807) is 7.05 Å². The van der Waals surface area contributed by atoms with Crippen molar-refractivity contribution in [2.75, 3.05) is 13.2 Å². The van der Waals surface area contributed by atoms with Crippen LogP contribution in [-0.2, 0) is 18.2 Å². The fraction of sp³-hybridized carbons (Fsp3) is 0.368. The van der Waals surface area contributed by atoms with E-state index >= 15 is 0 Å². The SMILES string of the molecule is Cn1nc(CC2CCOCC2)c2c(=O)c(O)c(-c3c(F)cccc3F)[nH]c21. The average Bonchev–Trinajstić information content (AvgIpc) is 2.95. The molecular weight excluding hydrogens is 356 g/mol. The number of nitrogens with zero attached hydrogens (tertiary/aromatic N) is 2. The van der Waals surface area contributed by atoms with Gasteiger partial charge in [0, 0.05) is 20.3 Å². The standard InChI is InChI=1S/C19H19F2N3O3/c1-24-19-15(13(23-24)9-10-5-7-27-8-6-10)17(25)18(26)16(22-19)14-11(20)3-2-4-12(14)21/h2-4,10,26H,5-9H2,1H3,(H,22,25). The molecule has 0 unspecified atom stereocenters. The number of aromatic nitrogens is 3. The second kappa shape index (κ2) is 6.77. The molecule has 0 aliphatic carbocycles. The Bertz CT molecular complexity index is 1050. The van der Waals surface area contributed by atoms with Crippen LogP contribution in [0, 0.1) is 17.6 Å². The number of aromatic amines is 1. The summed E-state index contributed by atoms with van der Waals surface area (Å²) in [4.78, 5) is 15.6. The Morgan fingerprint density at radius 2 is 1.96 bits per heavy atom. The number of ether oxygens (including phenoxy) is 1. The highest BCUT2D eigenvalue weighted by Crippen LogP contribution is 2.32. The van der Waals surface area contributed by atoms with Crippen LogP contribution in [0.4, 0.5) is 8.78 Å². The summed E-state index contributed by atoms with van der Waals surface area (Å²) in [6, 6.07) is 3.36. The maximum atomic E-state index is 14.2. The summed E-state index contributed by atoms with van der Waals surface area (Å²) >= 11 is 0. The van der Waals surface area contributed by atoms with E-state index in [-0.39, 0.29) is 11.1 Å². The van der Waals surface area contributed by atoms with Crippen LogP contribution in [0.15, 0.2) is 23.0 Å². The van der Waals surface area contributed by atoms with Crippen LogP contribution in [0.2, 0.25) is 0 Å². The first kappa shape index (κ1) is 17.7. The second-order valence-corrected chi connectivity index (χ2v) is 6.83. The largest absolute Gasteiger partial charge is 0.503 e. The first-order valence-electron chi connectivity index (χ1n) is 8.80. The molecular formula is C19H19F2N3O3. The number of hydrogen-bond acceptors (Lipinski definition) is 4. The van der Waals surface area contributed by atoms with E-state index in [4.69, 9.17) is 4.74 Å². The molecule has 0 spiro atoms. The Kier molecular flexibility index (Phi) is 4.43. The second-order valence-electron chi connectivity index (χ2n) is 6.83. The predicted octanol–water partition coefficient (Wildman–Crippen LogP) is 2.88. The number of pyridine rings is 1. The highest BCUT2D eigenvalue weighted by atomic mass is 19.1. The molecule has 8 heteroatoms. The Morgan fingerprint density at radius 1 is 1.30 bits per heavy atom. The fourth-order valence-electron chi connectivity index (χ4n) is 3.66. The van der Waals surface area contributed by atoms with Gasteiger partial charge in [-0.1, -0.05) is 6.07 Å². The van der Waals surface area contributed by atoms with E-state index in [2.05, 4.69) is 10.1 Å². The molecule has 0 amide bonds. The van der Waals surface area contributed by atoms with Gasteiger partial charge >= 0.3 is 0 Å². The van der Waals surface area contributed by atoms with Crippen LogP contribution in [0.5, 0.6) is 5.75 Å². The van der Waals surface area contributed by atoms with Gasteiger partial charge in [-0.2, -0.15) is 5.10 Å². The van der Waals surface area contributed by atoms with E-state index in [1.165, 1.54) is 10.7 Å². The van der Waals surface area contributed by atoms with Crippen molar-refractivity contribution in [3.8, 4) is 17.0 Å². The van der Waals surface area contributed by atoms with Gasteiger partial charge in [0.05, 0.1) is 22.3 Å². The van der Waals surface area contributed by atoms with Crippen LogP contribution in [0.1, 0.15) is 18.5 Å². The molecule has 0 atom stereocenters. The van der Waals surface area contributed by atoms with Crippen LogP contribution < -0.4 is 5.43 Å². The maximum absolute atomic E-state index is 14.2. The number of nitrogens with one attached hydrogen (secondary N) is 1. The van der Waals surface area contributed by atoms with Crippen molar-refractivity contribution in [1.82, 2.24) is 14.8 Å². The summed E-state index contributed by atoms with van der Waals surface area (Å²) < 4.78 is 35.1. The first-order valence-corrected chi connectivity index (χ1v) is 8.80. The molecule has 1 aliphatic rings. The van der Waals surface area contributed by atoms with Crippen molar-refractivity contribution in [3.63, 3.8) is 0 Å². The average molecular weight is 375 g/mol. The number of H-pyrrole nitrogens is 1. The maximum Gasteiger partial charge on any atom is 0.235 e. The lowest BCUT2D eigenvalue weighted by Crippen LogP contribution is -2.18. The number of benzene rings is 1. The third-order valence-electron chi connectivity index (χ3n) is 5.08. The topological polar surface area (TPSA) is 80.1 Å². The van der Waals surface area contributed by atoms with Gasteiger partial charge in [-0.3, -0.25) is 9.48 Å². The zero-order chi connectivity index (χ0) is 19.1. The highest BCUT2D eigenvalue weighted by molar-refractivity contribution is 5.84. The third kappa shape index (κ3) is 2.99. The molecule has 4 rings (SSSR count). The molecule has 2 aromatic heterocycles. The van der Waals surface area contributed by atoms with Crippen LogP contribution in [0.3, 0.4) is 0 Å². The minimum Gasteiger partial charge on any atom is -0.503 e. The molecule has 3 heterocycles. The molecule has 0 radical (unpaired) electrons. The predicted molar refractivity (Wildman–Crippen MR) is 95.6 cm³/mol. The lowest BCUT2D eigenvalue weighted by atomic mass is 9.94. The van der Waals surface area contributed by atoms with Crippen LogP contribution in [-0.4, -0.2) is 33.1 Å². The minimum atomic E-state index is -0.870. The van der Waals surface area contributed by atoms with Gasteiger partial charge in [0.2, 0.25) is 5.43 Å². The fourth-order valence-corrected chi connectivity index (χ4v) is 3.66. The van der Waals surface area contributed by atoms with Crippen LogP contribution in [0.25, 0.3) is 22.3 Å². The number of fused-ring (bicyclic) bond motifs is 1. The summed E-state index contributed by atoms with van der Waals surface area (Å²) in [7, 11) is 1.64. The van der Waals surface area contributed by atoms with Crippen molar-refractivity contribution in [1.29, 1.82) is 0 Å². The summed E-state index contributed by atoms with van der Waals surface area (Å²) in [5.41, 5.74) is -0.560. The number of aromatic hydroxyl groups is 1. The van der Waals surface area contributed by atoms with E-state index in [9.17, 15) is 18.7 Å². The molecule has 1 saturated heterocycles. The van der Waals surface area contributed by atoms with E-state index < -0.39 is 28.4 Å². The van der Waals surface area contributed by atoms with Crippen molar-refractivity contribution < 1.29 is 18.6 Å². The smallest absolute Gasteiger partial charge is 0.235 e. The van der Waals surface area contributed by atoms with Gasteiger partial charge in [0.1, 0.15) is 17.3 Å². The normalized spacial score (nSPS) is 15.5. The van der Waals surface area contributed by atoms with Gasteiger partial charge in [-0.25, -0.2) is 8.78 Å². The molecule has 142 valence electrons. The summed E-state index contributed by atoms with van der Waals surface area (Å²) in [6.07, 6.45) is 2.33. The minimum absolute atomic E-state index is 0.252. The Labute approximate surface area is 153 Å². The lowest BCUT2D eigenvalue weighted by molar-refractivity contribution is 0.0663. The van der Waals surface area contributed by atoms with Gasteiger partial charge < -0.3 is 14.8 Å². The van der Waals surface area contributed by atoms with E-state index in [0.717, 1.165) is 25.0 Å². The lowest BCUT2D eigenvalue weighted by Gasteiger charge is -2.21. The summed E-state index contributed by atoms with van der Waals surface area (Å²) in [5, 5.41) is 15.1. The number of rotatable bonds is 3. The van der Waals surface area contributed by atoms with Crippen LogP contribution >= 0.6 is 0 Å². The monoisotopic (exact) mass is 375 g/mol. The van der Waals surface area contributed by atoms with E-state index in [0.29, 0.717) is 36.9 Å². The first-order chi connectivity index (χ1) is 13.0. The Morgan fingerprint density at radius 3 is 2.63 bits per heavy atom. The zero-order valence-electron chi connectivity index (χ0n) is 14.8. The number of hydrogen-bond donors (Lipinski definition) is 2. The molecule has 6 nitrogen and oxygen atoms in total. The van der Waals surface area contributed by atoms with E-state index in [1.807, 2.05) is 0 Å². The number of aryl methyl sites for hydroxylation is 1. The molecule has 1 fully saturated rings. The van der Waals surface area contributed by atoms with Crippen molar-refractivity contribution in [2.45, 2.75) is 19.3 Å². The molecule has 3 aromatic rings. The Balaban J connectivity index is 1.88. The summed E-state index contributed by atoms with van der Waals surface area (Å²) in [5.74, 6) is -2.12. The number of halogens is 2. The van der Waals surface area contributed by atoms with Gasteiger partial charge in [0.25, 0.3) is 0 Å².